The molecule has 3 aliphatic rings. The van der Waals surface area contributed by atoms with Crippen LogP contribution in [0.15, 0.2) is 71.3 Å². The average Bonchev–Trinajstić information content (AvgIpc) is 3.32. The van der Waals surface area contributed by atoms with Crippen molar-refractivity contribution in [3.05, 3.63) is 82.5 Å². The molecule has 3 heteroatoms. The molecule has 33 heavy (non-hydrogen) atoms. The molecule has 5 rings (SSSR count). The standard InChI is InChI=1S/C30H36.2ClH.Zr/c1-19-18-30(29(5,6)7,26-17-20(16-25(19)26)28(2,3)4)27-23-14-10-8-12-21(23)22-13-9-11-15-24(22)27;;;/h8-15,17,19,27H,16,18H2,1-7H3;2*1H;/q;;;+2/p-2. The van der Waals surface area contributed by atoms with E-state index >= 15 is 0 Å². The molecule has 2 atom stereocenters. The second-order valence-corrected chi connectivity index (χ2v) is 12.0. The van der Waals surface area contributed by atoms with Gasteiger partial charge in [0.25, 0.3) is 0 Å². The van der Waals surface area contributed by atoms with E-state index < -0.39 is 0 Å². The van der Waals surface area contributed by atoms with E-state index in [-0.39, 0.29) is 67.3 Å². The monoisotopic (exact) mass is 556 g/mol. The number of benzene rings is 2. The van der Waals surface area contributed by atoms with E-state index in [0.717, 1.165) is 0 Å². The minimum Gasteiger partial charge on any atom is -1.00 e. The van der Waals surface area contributed by atoms with Crippen LogP contribution in [-0.4, -0.2) is 0 Å². The molecule has 0 spiro atoms. The van der Waals surface area contributed by atoms with E-state index in [9.17, 15) is 0 Å². The van der Waals surface area contributed by atoms with Crippen LogP contribution >= 0.6 is 0 Å². The van der Waals surface area contributed by atoms with Crippen molar-refractivity contribution in [2.45, 2.75) is 67.2 Å². The summed E-state index contributed by atoms with van der Waals surface area (Å²) in [6.45, 7) is 17.1. The minimum absolute atomic E-state index is 0. The normalized spacial score (nSPS) is 23.6. The van der Waals surface area contributed by atoms with E-state index in [1.807, 2.05) is 0 Å². The second kappa shape index (κ2) is 9.45. The van der Waals surface area contributed by atoms with E-state index in [4.69, 9.17) is 0 Å². The first-order valence-corrected chi connectivity index (χ1v) is 11.7. The van der Waals surface area contributed by atoms with E-state index in [0.29, 0.717) is 11.8 Å². The summed E-state index contributed by atoms with van der Waals surface area (Å²) in [6, 6.07) is 18.4. The van der Waals surface area contributed by atoms with E-state index in [2.05, 4.69) is 103 Å². The van der Waals surface area contributed by atoms with Gasteiger partial charge >= 0.3 is 26.2 Å². The molecule has 0 aromatic heterocycles. The zero-order chi connectivity index (χ0) is 21.5. The van der Waals surface area contributed by atoms with Crippen LogP contribution in [0.5, 0.6) is 0 Å². The number of halogens is 2. The molecule has 0 nitrogen and oxygen atoms in total. The number of fused-ring (bicyclic) bond motifs is 3. The quantitative estimate of drug-likeness (QED) is 0.505. The van der Waals surface area contributed by atoms with Crippen LogP contribution in [0.4, 0.5) is 0 Å². The second-order valence-electron chi connectivity index (χ2n) is 12.0. The molecule has 0 bridgehead atoms. The average molecular weight is 559 g/mol. The first kappa shape index (κ1) is 28.6. The van der Waals surface area contributed by atoms with Gasteiger partial charge in [0.05, 0.1) is 0 Å². The summed E-state index contributed by atoms with van der Waals surface area (Å²) in [5.41, 5.74) is 11.5. The van der Waals surface area contributed by atoms with Gasteiger partial charge in [-0.2, -0.15) is 0 Å². The van der Waals surface area contributed by atoms with Crippen molar-refractivity contribution in [2.24, 2.45) is 22.2 Å². The van der Waals surface area contributed by atoms with Crippen molar-refractivity contribution in [2.75, 3.05) is 0 Å². The number of rotatable bonds is 1. The molecule has 0 radical (unpaired) electrons. The third kappa shape index (κ3) is 4.09. The zero-order valence-electron chi connectivity index (χ0n) is 21.0. The van der Waals surface area contributed by atoms with Crippen molar-refractivity contribution in [1.82, 2.24) is 0 Å². The van der Waals surface area contributed by atoms with Gasteiger partial charge in [-0.15, -0.1) is 0 Å². The summed E-state index contributed by atoms with van der Waals surface area (Å²) < 4.78 is 0. The van der Waals surface area contributed by atoms with Crippen molar-refractivity contribution < 1.29 is 51.0 Å². The fourth-order valence-electron chi connectivity index (χ4n) is 6.77. The van der Waals surface area contributed by atoms with Gasteiger partial charge in [0.1, 0.15) is 0 Å². The molecule has 0 fully saturated rings. The molecule has 2 unspecified atom stereocenters. The van der Waals surface area contributed by atoms with Crippen LogP contribution in [0.2, 0.25) is 0 Å². The summed E-state index contributed by atoms with van der Waals surface area (Å²) in [6.07, 6.45) is 5.06. The van der Waals surface area contributed by atoms with Gasteiger partial charge < -0.3 is 24.8 Å². The molecule has 0 N–H and O–H groups in total. The number of allylic oxidation sites excluding steroid dienone is 4. The number of hydrogen-bond acceptors (Lipinski definition) is 0. The number of hydrogen-bond donors (Lipinski definition) is 0. The molecular weight excluding hydrogens is 522 g/mol. The van der Waals surface area contributed by atoms with Crippen molar-refractivity contribution in [1.29, 1.82) is 0 Å². The van der Waals surface area contributed by atoms with Crippen LogP contribution in [0.1, 0.15) is 78.4 Å². The topological polar surface area (TPSA) is 0 Å². The van der Waals surface area contributed by atoms with Crippen LogP contribution in [-0.2, 0) is 26.2 Å². The molecule has 0 saturated heterocycles. The van der Waals surface area contributed by atoms with Crippen LogP contribution < -0.4 is 24.8 Å². The van der Waals surface area contributed by atoms with Crippen LogP contribution in [0, 0.1) is 22.2 Å². The first-order valence-electron chi connectivity index (χ1n) is 11.7. The molecule has 2 aromatic rings. The minimum atomic E-state index is 0. The maximum Gasteiger partial charge on any atom is 2.00 e. The van der Waals surface area contributed by atoms with Crippen molar-refractivity contribution >= 4 is 0 Å². The van der Waals surface area contributed by atoms with Gasteiger partial charge in [-0.3, -0.25) is 0 Å². The molecule has 0 heterocycles. The Morgan fingerprint density at radius 2 is 1.27 bits per heavy atom. The Kier molecular flexibility index (Phi) is 8.19. The SMILES string of the molecule is CC1CC(C2c3ccccc3-c3ccccc32)(C(C)(C)C)C2=C1CC(C(C)(C)C)=C2.[Cl-].[Cl-].[Zr+2]. The molecule has 174 valence electrons. The fraction of sp³-hybridized carbons (Fsp3) is 0.467. The molecule has 2 aromatic carbocycles. The van der Waals surface area contributed by atoms with Crippen molar-refractivity contribution in [3.63, 3.8) is 0 Å². The van der Waals surface area contributed by atoms with Crippen molar-refractivity contribution in [3.8, 4) is 11.1 Å². The first-order chi connectivity index (χ1) is 14.1. The zero-order valence-corrected chi connectivity index (χ0v) is 25.0. The predicted molar refractivity (Wildman–Crippen MR) is 129 cm³/mol. The Bertz CT molecular complexity index is 1050. The molecular formula is C30H36Cl2Zr. The summed E-state index contributed by atoms with van der Waals surface area (Å²) in [4.78, 5) is 0. The smallest absolute Gasteiger partial charge is 1.00 e. The van der Waals surface area contributed by atoms with Gasteiger partial charge in [-0.25, -0.2) is 0 Å². The van der Waals surface area contributed by atoms with Crippen LogP contribution in [0.3, 0.4) is 0 Å². The molecule has 3 aliphatic carbocycles. The maximum absolute atomic E-state index is 2.63. The third-order valence-corrected chi connectivity index (χ3v) is 8.38. The van der Waals surface area contributed by atoms with Gasteiger partial charge in [0.2, 0.25) is 0 Å². The summed E-state index contributed by atoms with van der Waals surface area (Å²) >= 11 is 0. The Balaban J connectivity index is 0.00000128. The Morgan fingerprint density at radius 1 is 0.788 bits per heavy atom. The molecule has 0 saturated carbocycles. The maximum atomic E-state index is 2.63. The Hall–Kier alpha value is -0.617. The summed E-state index contributed by atoms with van der Waals surface area (Å²) in [5.74, 6) is 1.07. The van der Waals surface area contributed by atoms with E-state index in [1.54, 1.807) is 16.7 Å². The Labute approximate surface area is 232 Å². The third-order valence-electron chi connectivity index (χ3n) is 8.38. The van der Waals surface area contributed by atoms with Gasteiger partial charge in [0, 0.05) is 11.3 Å². The summed E-state index contributed by atoms with van der Waals surface area (Å²) in [5, 5.41) is 0. The van der Waals surface area contributed by atoms with Gasteiger partial charge in [-0.1, -0.05) is 114 Å². The largest absolute Gasteiger partial charge is 2.00 e. The summed E-state index contributed by atoms with van der Waals surface area (Å²) in [7, 11) is 0. The molecule has 0 amide bonds. The van der Waals surface area contributed by atoms with Gasteiger partial charge in [-0.05, 0) is 57.4 Å². The molecule has 0 aliphatic heterocycles. The van der Waals surface area contributed by atoms with E-state index in [1.165, 1.54) is 35.1 Å². The Morgan fingerprint density at radius 3 is 1.73 bits per heavy atom. The predicted octanol–water partition coefficient (Wildman–Crippen LogP) is 2.55. The van der Waals surface area contributed by atoms with Crippen LogP contribution in [0.25, 0.3) is 11.1 Å². The fourth-order valence-corrected chi connectivity index (χ4v) is 6.77. The van der Waals surface area contributed by atoms with Gasteiger partial charge in [0.15, 0.2) is 0 Å².